The summed E-state index contributed by atoms with van der Waals surface area (Å²) in [6.45, 7) is 0. The molecule has 2 rings (SSSR count). The van der Waals surface area contributed by atoms with E-state index >= 15 is 0 Å². The molecule has 1 fully saturated rings. The van der Waals surface area contributed by atoms with Gasteiger partial charge in [0.2, 0.25) is 11.8 Å². The van der Waals surface area contributed by atoms with Gasteiger partial charge >= 0.3 is 0 Å². The van der Waals surface area contributed by atoms with Crippen LogP contribution in [0.3, 0.4) is 0 Å². The fourth-order valence-electron chi connectivity index (χ4n) is 1.81. The summed E-state index contributed by atoms with van der Waals surface area (Å²) in [6, 6.07) is 5.08. The van der Waals surface area contributed by atoms with E-state index in [0.29, 0.717) is 21.5 Å². The molecule has 1 atom stereocenters. The third-order valence-electron chi connectivity index (χ3n) is 2.82. The molecule has 2 amide bonds. The summed E-state index contributed by atoms with van der Waals surface area (Å²) in [7, 11) is 3.05. The fourth-order valence-corrected chi connectivity index (χ4v) is 3.08. The van der Waals surface area contributed by atoms with Crippen molar-refractivity contribution in [2.75, 3.05) is 19.5 Å². The van der Waals surface area contributed by atoms with Crippen molar-refractivity contribution in [2.24, 2.45) is 0 Å². The number of benzene rings is 1. The highest BCUT2D eigenvalue weighted by Crippen LogP contribution is 2.30. The van der Waals surface area contributed by atoms with Crippen molar-refractivity contribution in [2.45, 2.75) is 11.7 Å². The topological polar surface area (TPSA) is 76.7 Å². The monoisotopic (exact) mass is 326 g/mol. The van der Waals surface area contributed by atoms with E-state index in [1.807, 2.05) is 0 Å². The van der Waals surface area contributed by atoms with Gasteiger partial charge in [0.05, 0.1) is 25.2 Å². The van der Waals surface area contributed by atoms with Crippen LogP contribution in [0.1, 0.15) is 6.42 Å². The van der Waals surface area contributed by atoms with Gasteiger partial charge in [-0.05, 0) is 12.1 Å². The van der Waals surface area contributed by atoms with Crippen LogP contribution in [0.5, 0.6) is 11.5 Å². The lowest BCUT2D eigenvalue weighted by Crippen LogP contribution is -2.27. The summed E-state index contributed by atoms with van der Waals surface area (Å²) < 4.78 is 10.7. The second kappa shape index (κ2) is 6.77. The molecular formula is C13H14N2O4S2. The number of ether oxygens (including phenoxy) is 2. The Morgan fingerprint density at radius 2 is 2.19 bits per heavy atom. The van der Waals surface area contributed by atoms with Gasteiger partial charge in [-0.25, -0.2) is 0 Å². The quantitative estimate of drug-likeness (QED) is 0.800. The predicted octanol–water partition coefficient (Wildman–Crippen LogP) is 1.55. The zero-order chi connectivity index (χ0) is 15.4. The summed E-state index contributed by atoms with van der Waals surface area (Å²) in [5, 5.41) is 4.73. The van der Waals surface area contributed by atoms with E-state index in [4.69, 9.17) is 21.7 Å². The van der Waals surface area contributed by atoms with Crippen LogP contribution in [0, 0.1) is 0 Å². The first-order valence-corrected chi connectivity index (χ1v) is 7.35. The van der Waals surface area contributed by atoms with Gasteiger partial charge in [-0.1, -0.05) is 24.0 Å². The average molecular weight is 326 g/mol. The van der Waals surface area contributed by atoms with E-state index in [2.05, 4.69) is 10.6 Å². The van der Waals surface area contributed by atoms with E-state index in [1.54, 1.807) is 18.2 Å². The fraction of sp³-hybridized carbons (Fsp3) is 0.308. The lowest BCUT2D eigenvalue weighted by atomic mass is 10.2. The van der Waals surface area contributed by atoms with Crippen molar-refractivity contribution in [3.05, 3.63) is 18.2 Å². The maximum atomic E-state index is 12.0. The molecule has 1 unspecified atom stereocenters. The smallest absolute Gasteiger partial charge is 0.239 e. The van der Waals surface area contributed by atoms with Crippen molar-refractivity contribution in [3.63, 3.8) is 0 Å². The predicted molar refractivity (Wildman–Crippen MR) is 84.9 cm³/mol. The van der Waals surface area contributed by atoms with Crippen LogP contribution >= 0.6 is 24.0 Å². The van der Waals surface area contributed by atoms with Gasteiger partial charge < -0.3 is 20.1 Å². The summed E-state index contributed by atoms with van der Waals surface area (Å²) in [5.74, 6) is 0.583. The Kier molecular flexibility index (Phi) is 5.03. The largest absolute Gasteiger partial charge is 0.497 e. The summed E-state index contributed by atoms with van der Waals surface area (Å²) in [4.78, 5) is 23.6. The third kappa shape index (κ3) is 3.85. The van der Waals surface area contributed by atoms with E-state index in [1.165, 1.54) is 26.0 Å². The van der Waals surface area contributed by atoms with E-state index < -0.39 is 5.25 Å². The maximum Gasteiger partial charge on any atom is 0.239 e. The zero-order valence-electron chi connectivity index (χ0n) is 11.5. The second-order valence-electron chi connectivity index (χ2n) is 4.20. The molecule has 1 aromatic carbocycles. The molecule has 0 saturated carbocycles. The highest BCUT2D eigenvalue weighted by atomic mass is 32.2. The van der Waals surface area contributed by atoms with Crippen LogP contribution in [0.4, 0.5) is 5.69 Å². The Bertz CT molecular complexity index is 592. The van der Waals surface area contributed by atoms with E-state index in [9.17, 15) is 9.59 Å². The molecule has 1 saturated heterocycles. The van der Waals surface area contributed by atoms with Gasteiger partial charge in [0.25, 0.3) is 0 Å². The van der Waals surface area contributed by atoms with Crippen molar-refractivity contribution < 1.29 is 19.1 Å². The highest BCUT2D eigenvalue weighted by molar-refractivity contribution is 8.24. The molecule has 1 aromatic rings. The molecule has 6 nitrogen and oxygen atoms in total. The summed E-state index contributed by atoms with van der Waals surface area (Å²) in [6.07, 6.45) is 0.0387. The summed E-state index contributed by atoms with van der Waals surface area (Å²) in [5.41, 5.74) is 0.493. The molecule has 21 heavy (non-hydrogen) atoms. The standard InChI is InChI=1S/C13H14N2O4S2/c1-18-7-3-4-9(19-2)8(5-7)14-11(16)6-10-12(17)15-13(20)21-10/h3-5,10H,6H2,1-2H3,(H,14,16)(H,15,17,20). The number of hydrogen-bond acceptors (Lipinski definition) is 6. The number of nitrogens with one attached hydrogen (secondary N) is 2. The van der Waals surface area contributed by atoms with Gasteiger partial charge in [0.15, 0.2) is 0 Å². The van der Waals surface area contributed by atoms with Crippen LogP contribution in [0.15, 0.2) is 18.2 Å². The van der Waals surface area contributed by atoms with Crippen LogP contribution < -0.4 is 20.1 Å². The maximum absolute atomic E-state index is 12.0. The number of thiocarbonyl (C=S) groups is 1. The molecule has 8 heteroatoms. The highest BCUT2D eigenvalue weighted by Gasteiger charge is 2.31. The first-order chi connectivity index (χ1) is 10.0. The van der Waals surface area contributed by atoms with Gasteiger partial charge in [-0.15, -0.1) is 0 Å². The number of amides is 2. The Hall–Kier alpha value is -1.80. The first kappa shape index (κ1) is 15.6. The van der Waals surface area contributed by atoms with Crippen LogP contribution in [0.25, 0.3) is 0 Å². The minimum atomic E-state index is -0.492. The molecule has 1 heterocycles. The number of carbonyl (C=O) groups is 2. The lowest BCUT2D eigenvalue weighted by molar-refractivity contribution is -0.122. The number of anilines is 1. The lowest BCUT2D eigenvalue weighted by Gasteiger charge is -2.12. The molecule has 1 aliphatic rings. The van der Waals surface area contributed by atoms with E-state index in [0.717, 1.165) is 0 Å². The van der Waals surface area contributed by atoms with Crippen LogP contribution in [-0.4, -0.2) is 35.6 Å². The Labute approximate surface area is 131 Å². The molecule has 0 aromatic heterocycles. The number of thioether (sulfide) groups is 1. The van der Waals surface area contributed by atoms with E-state index in [-0.39, 0.29) is 18.2 Å². The van der Waals surface area contributed by atoms with Crippen molar-refractivity contribution in [3.8, 4) is 11.5 Å². The number of rotatable bonds is 5. The SMILES string of the molecule is COc1ccc(OC)c(NC(=O)CC2SC(=S)NC2=O)c1. The van der Waals surface area contributed by atoms with Crippen LogP contribution in [0.2, 0.25) is 0 Å². The Balaban J connectivity index is 2.05. The van der Waals surface area contributed by atoms with Crippen molar-refractivity contribution >= 4 is 45.8 Å². The minimum absolute atomic E-state index is 0.0387. The third-order valence-corrected chi connectivity index (χ3v) is 4.19. The Morgan fingerprint density at radius 3 is 2.76 bits per heavy atom. The molecule has 2 N–H and O–H groups in total. The van der Waals surface area contributed by atoms with Gasteiger partial charge in [-0.3, -0.25) is 9.59 Å². The molecule has 0 bridgehead atoms. The molecule has 112 valence electrons. The zero-order valence-corrected chi connectivity index (χ0v) is 13.1. The Morgan fingerprint density at radius 1 is 1.43 bits per heavy atom. The number of hydrogen-bond donors (Lipinski definition) is 2. The second-order valence-corrected chi connectivity index (χ2v) is 6.08. The van der Waals surface area contributed by atoms with Crippen molar-refractivity contribution in [1.82, 2.24) is 5.32 Å². The molecular weight excluding hydrogens is 312 g/mol. The molecule has 0 aliphatic carbocycles. The minimum Gasteiger partial charge on any atom is -0.497 e. The molecule has 0 spiro atoms. The van der Waals surface area contributed by atoms with Crippen LogP contribution in [-0.2, 0) is 9.59 Å². The average Bonchev–Trinajstić information content (AvgIpc) is 2.76. The molecule has 1 aliphatic heterocycles. The molecule has 0 radical (unpaired) electrons. The normalized spacial score (nSPS) is 17.3. The first-order valence-electron chi connectivity index (χ1n) is 6.07. The van der Waals surface area contributed by atoms with Gasteiger partial charge in [0, 0.05) is 12.5 Å². The summed E-state index contributed by atoms with van der Waals surface area (Å²) >= 11 is 6.08. The number of carbonyl (C=O) groups excluding carboxylic acids is 2. The van der Waals surface area contributed by atoms with Gasteiger partial charge in [0.1, 0.15) is 15.8 Å². The number of methoxy groups -OCH3 is 2. The van der Waals surface area contributed by atoms with Crippen molar-refractivity contribution in [1.29, 1.82) is 0 Å². The van der Waals surface area contributed by atoms with Gasteiger partial charge in [-0.2, -0.15) is 0 Å².